The van der Waals surface area contributed by atoms with E-state index in [0.717, 1.165) is 2.88 Å². The molecule has 0 aliphatic heterocycles. The number of amides is 1. The Balaban J connectivity index is 2.48. The highest BCUT2D eigenvalue weighted by molar-refractivity contribution is 14.1. The Bertz CT molecular complexity index is 391. The molecule has 1 aromatic heterocycles. The topological polar surface area (TPSA) is 52.6 Å². The van der Waals surface area contributed by atoms with Crippen molar-refractivity contribution in [3.05, 3.63) is 19.9 Å². The van der Waals surface area contributed by atoms with Gasteiger partial charge in [-0.05, 0) is 49.7 Å². The van der Waals surface area contributed by atoms with Gasteiger partial charge in [-0.3, -0.25) is 4.79 Å². The van der Waals surface area contributed by atoms with Crippen molar-refractivity contribution >= 4 is 39.8 Å². The van der Waals surface area contributed by atoms with Crippen LogP contribution in [-0.2, 0) is 0 Å². The number of nitrogens with zero attached hydrogens (tertiary/aromatic N) is 1. The van der Waals surface area contributed by atoms with Gasteiger partial charge in [-0.2, -0.15) is 0 Å². The average Bonchev–Trinajstić information content (AvgIpc) is 2.59. The van der Waals surface area contributed by atoms with Gasteiger partial charge >= 0.3 is 0 Å². The third-order valence-electron chi connectivity index (χ3n) is 2.12. The van der Waals surface area contributed by atoms with Crippen LogP contribution in [0.25, 0.3) is 0 Å². The van der Waals surface area contributed by atoms with Crippen molar-refractivity contribution < 1.29 is 9.90 Å². The Kier molecular flexibility index (Phi) is 5.36. The van der Waals surface area contributed by atoms with Crippen molar-refractivity contribution in [1.82, 2.24) is 10.2 Å². The summed E-state index contributed by atoms with van der Waals surface area (Å²) in [6, 6.07) is 1.83. The first-order chi connectivity index (χ1) is 7.80. The van der Waals surface area contributed by atoms with E-state index < -0.39 is 5.60 Å². The molecule has 0 spiro atoms. The Labute approximate surface area is 119 Å². The van der Waals surface area contributed by atoms with Crippen LogP contribution < -0.4 is 5.32 Å². The summed E-state index contributed by atoms with van der Waals surface area (Å²) in [5, 5.41) is 14.6. The Morgan fingerprint density at radius 3 is 2.76 bits per heavy atom. The van der Waals surface area contributed by atoms with Crippen LogP contribution in [0.3, 0.4) is 0 Å². The minimum Gasteiger partial charge on any atom is -0.387 e. The van der Waals surface area contributed by atoms with Gasteiger partial charge in [0, 0.05) is 18.5 Å². The Morgan fingerprint density at radius 2 is 2.29 bits per heavy atom. The first kappa shape index (κ1) is 14.9. The Hall–Kier alpha value is -0.180. The van der Waals surface area contributed by atoms with E-state index in [2.05, 4.69) is 27.9 Å². The fraction of sp³-hybridized carbons (Fsp3) is 0.545. The van der Waals surface area contributed by atoms with Crippen molar-refractivity contribution in [1.29, 1.82) is 0 Å². The number of rotatable bonds is 5. The highest BCUT2D eigenvalue weighted by atomic mass is 127. The SMILES string of the molecule is CN(C)CC(C)(O)CNC(=O)c1csc(I)c1. The number of hydrogen-bond donors (Lipinski definition) is 2. The maximum atomic E-state index is 11.8. The summed E-state index contributed by atoms with van der Waals surface area (Å²) < 4.78 is 1.08. The molecular weight excluding hydrogens is 351 g/mol. The monoisotopic (exact) mass is 368 g/mol. The maximum Gasteiger partial charge on any atom is 0.252 e. The zero-order valence-electron chi connectivity index (χ0n) is 10.2. The van der Waals surface area contributed by atoms with E-state index in [0.29, 0.717) is 12.1 Å². The molecular formula is C11H17IN2O2S. The molecule has 0 aliphatic carbocycles. The minimum absolute atomic E-state index is 0.136. The molecule has 1 heterocycles. The predicted octanol–water partition coefficient (Wildman–Crippen LogP) is 1.40. The third-order valence-corrected chi connectivity index (χ3v) is 3.91. The summed E-state index contributed by atoms with van der Waals surface area (Å²) in [4.78, 5) is 13.6. The molecule has 0 aromatic carbocycles. The van der Waals surface area contributed by atoms with Crippen LogP contribution in [0.15, 0.2) is 11.4 Å². The van der Waals surface area contributed by atoms with Crippen molar-refractivity contribution in [2.24, 2.45) is 0 Å². The highest BCUT2D eigenvalue weighted by Crippen LogP contribution is 2.16. The second-order valence-corrected chi connectivity index (χ2v) is 7.36. The summed E-state index contributed by atoms with van der Waals surface area (Å²) in [5.41, 5.74) is -0.262. The number of halogens is 1. The number of hydrogen-bond acceptors (Lipinski definition) is 4. The fourth-order valence-electron chi connectivity index (χ4n) is 1.54. The summed E-state index contributed by atoms with van der Waals surface area (Å²) in [5.74, 6) is -0.136. The molecule has 4 nitrogen and oxygen atoms in total. The van der Waals surface area contributed by atoms with Gasteiger partial charge in [-0.1, -0.05) is 0 Å². The third kappa shape index (κ3) is 5.33. The molecule has 0 bridgehead atoms. The van der Waals surface area contributed by atoms with E-state index in [1.807, 2.05) is 30.4 Å². The average molecular weight is 368 g/mol. The van der Waals surface area contributed by atoms with Crippen molar-refractivity contribution in [3.8, 4) is 0 Å². The number of carbonyl (C=O) groups excluding carboxylic acids is 1. The Morgan fingerprint density at radius 1 is 1.65 bits per heavy atom. The van der Waals surface area contributed by atoms with Crippen LogP contribution in [0.2, 0.25) is 0 Å². The van der Waals surface area contributed by atoms with Gasteiger partial charge in [-0.25, -0.2) is 0 Å². The second-order valence-electron chi connectivity index (χ2n) is 4.56. The van der Waals surface area contributed by atoms with E-state index in [9.17, 15) is 9.90 Å². The van der Waals surface area contributed by atoms with Crippen LogP contribution in [0.1, 0.15) is 17.3 Å². The predicted molar refractivity (Wildman–Crippen MR) is 78.5 cm³/mol. The molecule has 0 fully saturated rings. The zero-order valence-corrected chi connectivity index (χ0v) is 13.1. The second kappa shape index (κ2) is 6.12. The summed E-state index contributed by atoms with van der Waals surface area (Å²) in [7, 11) is 3.77. The molecule has 1 amide bonds. The lowest BCUT2D eigenvalue weighted by molar-refractivity contribution is 0.0326. The summed E-state index contributed by atoms with van der Waals surface area (Å²) in [6.45, 7) is 2.47. The van der Waals surface area contributed by atoms with Crippen LogP contribution >= 0.6 is 33.9 Å². The molecule has 6 heteroatoms. The van der Waals surface area contributed by atoms with E-state index in [1.54, 1.807) is 6.92 Å². The largest absolute Gasteiger partial charge is 0.387 e. The van der Waals surface area contributed by atoms with Crippen molar-refractivity contribution in [2.45, 2.75) is 12.5 Å². The van der Waals surface area contributed by atoms with Gasteiger partial charge in [0.25, 0.3) is 5.91 Å². The van der Waals surface area contributed by atoms with Gasteiger partial charge < -0.3 is 15.3 Å². The quantitative estimate of drug-likeness (QED) is 0.773. The minimum atomic E-state index is -0.914. The molecule has 0 radical (unpaired) electrons. The molecule has 1 aromatic rings. The van der Waals surface area contributed by atoms with Gasteiger partial charge in [0.2, 0.25) is 0 Å². The van der Waals surface area contributed by atoms with Crippen LogP contribution in [0.4, 0.5) is 0 Å². The van der Waals surface area contributed by atoms with Gasteiger partial charge in [0.1, 0.15) is 0 Å². The lowest BCUT2D eigenvalue weighted by atomic mass is 10.1. The van der Waals surface area contributed by atoms with Gasteiger partial charge in [0.05, 0.1) is 14.0 Å². The van der Waals surface area contributed by atoms with E-state index in [4.69, 9.17) is 0 Å². The molecule has 1 rings (SSSR count). The first-order valence-electron chi connectivity index (χ1n) is 5.19. The fourth-order valence-corrected chi connectivity index (χ4v) is 2.87. The van der Waals surface area contributed by atoms with Gasteiger partial charge in [0.15, 0.2) is 0 Å². The molecule has 0 saturated carbocycles. The number of likely N-dealkylation sites (N-methyl/N-ethyl adjacent to an activating group) is 1. The van der Waals surface area contributed by atoms with Crippen LogP contribution in [0.5, 0.6) is 0 Å². The van der Waals surface area contributed by atoms with Crippen LogP contribution in [-0.4, -0.2) is 48.7 Å². The lowest BCUT2D eigenvalue weighted by Gasteiger charge is -2.26. The van der Waals surface area contributed by atoms with E-state index in [-0.39, 0.29) is 12.5 Å². The summed E-state index contributed by atoms with van der Waals surface area (Å²) >= 11 is 3.71. The highest BCUT2D eigenvalue weighted by Gasteiger charge is 2.22. The van der Waals surface area contributed by atoms with E-state index >= 15 is 0 Å². The molecule has 2 N–H and O–H groups in total. The molecule has 1 atom stereocenters. The number of aliphatic hydroxyl groups is 1. The number of carbonyl (C=O) groups is 1. The molecule has 0 saturated heterocycles. The standard InChI is InChI=1S/C11H17IN2O2S/c1-11(16,7-14(2)3)6-13-10(15)8-4-9(12)17-5-8/h4-5,16H,6-7H2,1-3H3,(H,13,15). The van der Waals surface area contributed by atoms with Gasteiger partial charge in [-0.15, -0.1) is 11.3 Å². The summed E-state index contributed by atoms with van der Waals surface area (Å²) in [6.07, 6.45) is 0. The normalized spacial score (nSPS) is 14.7. The lowest BCUT2D eigenvalue weighted by Crippen LogP contribution is -2.47. The molecule has 0 aliphatic rings. The zero-order chi connectivity index (χ0) is 13.1. The molecule has 17 heavy (non-hydrogen) atoms. The van der Waals surface area contributed by atoms with Crippen molar-refractivity contribution in [2.75, 3.05) is 27.2 Å². The van der Waals surface area contributed by atoms with Crippen LogP contribution in [0, 0.1) is 2.88 Å². The smallest absolute Gasteiger partial charge is 0.252 e. The molecule has 1 unspecified atom stereocenters. The van der Waals surface area contributed by atoms with Crippen molar-refractivity contribution in [3.63, 3.8) is 0 Å². The number of nitrogens with one attached hydrogen (secondary N) is 1. The van der Waals surface area contributed by atoms with E-state index in [1.165, 1.54) is 11.3 Å². The first-order valence-corrected chi connectivity index (χ1v) is 7.15. The number of thiophene rings is 1. The maximum absolute atomic E-state index is 11.8. The molecule has 96 valence electrons.